The second-order valence-electron chi connectivity index (χ2n) is 4.89. The fourth-order valence-electron chi connectivity index (χ4n) is 1.25. The third kappa shape index (κ3) is 4.45. The van der Waals surface area contributed by atoms with Gasteiger partial charge < -0.3 is 4.55 Å². The lowest BCUT2D eigenvalue weighted by Gasteiger charge is -2.26. The first kappa shape index (κ1) is 15.3. The van der Waals surface area contributed by atoms with Crippen LogP contribution in [0.5, 0.6) is 0 Å². The van der Waals surface area contributed by atoms with Crippen molar-refractivity contribution in [3.05, 3.63) is 33.3 Å². The molecule has 2 nitrogen and oxygen atoms in total. The molecule has 0 aliphatic heterocycles. The van der Waals surface area contributed by atoms with Crippen molar-refractivity contribution in [1.82, 2.24) is 4.72 Å². The van der Waals surface area contributed by atoms with Crippen LogP contribution in [-0.2, 0) is 11.4 Å². The predicted molar refractivity (Wildman–Crippen MR) is 78.6 cm³/mol. The van der Waals surface area contributed by atoms with E-state index in [0.29, 0.717) is 5.02 Å². The van der Waals surface area contributed by atoms with Gasteiger partial charge in [0.05, 0.1) is 6.04 Å². The minimum absolute atomic E-state index is 0.0457. The molecule has 0 heterocycles. The summed E-state index contributed by atoms with van der Waals surface area (Å²) in [6.45, 7) is 7.77. The van der Waals surface area contributed by atoms with Gasteiger partial charge in [-0.05, 0) is 45.4 Å². The highest BCUT2D eigenvalue weighted by Crippen LogP contribution is 2.27. The van der Waals surface area contributed by atoms with E-state index in [1.54, 1.807) is 0 Å². The fraction of sp³-hybridized carbons (Fsp3) is 0.500. The first-order valence-corrected chi connectivity index (χ1v) is 7.67. The van der Waals surface area contributed by atoms with Crippen molar-refractivity contribution in [1.29, 1.82) is 0 Å². The summed E-state index contributed by atoms with van der Waals surface area (Å²) < 4.78 is 15.7. The molecule has 1 unspecified atom stereocenters. The van der Waals surface area contributed by atoms with E-state index >= 15 is 0 Å². The van der Waals surface area contributed by atoms with Crippen molar-refractivity contribution >= 4 is 38.9 Å². The Morgan fingerprint density at radius 2 is 2.00 bits per heavy atom. The van der Waals surface area contributed by atoms with Crippen LogP contribution in [0.2, 0.25) is 5.02 Å². The molecule has 96 valence electrons. The van der Waals surface area contributed by atoms with E-state index < -0.39 is 11.4 Å². The van der Waals surface area contributed by atoms with E-state index in [1.165, 1.54) is 0 Å². The molecule has 0 aliphatic rings. The topological polar surface area (TPSA) is 35.1 Å². The number of hydrogen-bond donors (Lipinski definition) is 1. The second kappa shape index (κ2) is 5.93. The van der Waals surface area contributed by atoms with Gasteiger partial charge >= 0.3 is 0 Å². The molecule has 0 saturated heterocycles. The van der Waals surface area contributed by atoms with Gasteiger partial charge in [0.15, 0.2) is 0 Å². The SMILES string of the molecule is CC(N[S@@+]([O-])C(C)(C)C)c1ccc(Br)cc1Cl. The van der Waals surface area contributed by atoms with Gasteiger partial charge in [0.1, 0.15) is 4.75 Å². The van der Waals surface area contributed by atoms with Crippen LogP contribution in [0.15, 0.2) is 22.7 Å². The van der Waals surface area contributed by atoms with Crippen LogP contribution < -0.4 is 4.72 Å². The summed E-state index contributed by atoms with van der Waals surface area (Å²) in [7, 11) is 0. The van der Waals surface area contributed by atoms with E-state index in [1.807, 2.05) is 45.9 Å². The molecule has 0 spiro atoms. The highest BCUT2D eigenvalue weighted by molar-refractivity contribution is 9.10. The van der Waals surface area contributed by atoms with Crippen molar-refractivity contribution in [3.8, 4) is 0 Å². The smallest absolute Gasteiger partial charge is 0.136 e. The van der Waals surface area contributed by atoms with E-state index in [2.05, 4.69) is 20.7 Å². The lowest BCUT2D eigenvalue weighted by Crippen LogP contribution is -2.40. The second-order valence-corrected chi connectivity index (χ2v) is 8.21. The summed E-state index contributed by atoms with van der Waals surface area (Å²) >= 11 is 8.41. The van der Waals surface area contributed by atoms with E-state index in [-0.39, 0.29) is 10.8 Å². The monoisotopic (exact) mass is 337 g/mol. The molecule has 0 bridgehead atoms. The van der Waals surface area contributed by atoms with Gasteiger partial charge in [-0.15, -0.1) is 4.72 Å². The van der Waals surface area contributed by atoms with E-state index in [4.69, 9.17) is 11.6 Å². The largest absolute Gasteiger partial charge is 0.598 e. The van der Waals surface area contributed by atoms with Crippen molar-refractivity contribution < 1.29 is 4.55 Å². The third-order valence-electron chi connectivity index (χ3n) is 2.27. The summed E-state index contributed by atoms with van der Waals surface area (Å²) in [6, 6.07) is 5.66. The van der Waals surface area contributed by atoms with Crippen LogP contribution >= 0.6 is 27.5 Å². The van der Waals surface area contributed by atoms with Crippen molar-refractivity contribution in [2.75, 3.05) is 0 Å². The van der Waals surface area contributed by atoms with Crippen LogP contribution in [0.25, 0.3) is 0 Å². The summed E-state index contributed by atoms with van der Waals surface area (Å²) in [4.78, 5) is 0. The summed E-state index contributed by atoms with van der Waals surface area (Å²) in [5, 5.41) is 0.672. The number of nitrogens with one attached hydrogen (secondary N) is 1. The van der Waals surface area contributed by atoms with Crippen LogP contribution in [0.1, 0.15) is 39.3 Å². The minimum Gasteiger partial charge on any atom is -0.598 e. The average Bonchev–Trinajstić information content (AvgIpc) is 2.15. The molecule has 0 amide bonds. The summed E-state index contributed by atoms with van der Waals surface area (Å²) in [5.41, 5.74) is 0.951. The molecular formula is C12H17BrClNOS. The minimum atomic E-state index is -1.10. The molecule has 1 N–H and O–H groups in total. The van der Waals surface area contributed by atoms with Crippen LogP contribution in [-0.4, -0.2) is 9.30 Å². The summed E-state index contributed by atoms with van der Waals surface area (Å²) in [6.07, 6.45) is 0. The van der Waals surface area contributed by atoms with Gasteiger partial charge in [-0.2, -0.15) is 0 Å². The van der Waals surface area contributed by atoms with Crippen molar-refractivity contribution in [2.24, 2.45) is 0 Å². The molecular weight excluding hydrogens is 322 g/mol. The molecule has 0 radical (unpaired) electrons. The molecule has 0 aliphatic carbocycles. The number of hydrogen-bond acceptors (Lipinski definition) is 2. The zero-order valence-corrected chi connectivity index (χ0v) is 13.5. The Kier molecular flexibility index (Phi) is 5.35. The molecule has 2 atom stereocenters. The summed E-state index contributed by atoms with van der Waals surface area (Å²) in [5.74, 6) is 0. The molecule has 0 saturated carbocycles. The zero-order chi connectivity index (χ0) is 13.2. The van der Waals surface area contributed by atoms with Gasteiger partial charge in [0.2, 0.25) is 0 Å². The Hall–Kier alpha value is 0.260. The highest BCUT2D eigenvalue weighted by atomic mass is 79.9. The lowest BCUT2D eigenvalue weighted by molar-refractivity contribution is 0.531. The standard InChI is InChI=1S/C12H17BrClNOS/c1-8(15-17(16)12(2,3)4)10-6-5-9(13)7-11(10)14/h5-8,15H,1-4H3/t8?,17-/m0/s1. The highest BCUT2D eigenvalue weighted by Gasteiger charge is 2.28. The number of benzene rings is 1. The fourth-order valence-corrected chi connectivity index (χ4v) is 2.89. The average molecular weight is 339 g/mol. The third-order valence-corrected chi connectivity index (χ3v) is 4.77. The number of halogens is 2. The van der Waals surface area contributed by atoms with Crippen molar-refractivity contribution in [3.63, 3.8) is 0 Å². The van der Waals surface area contributed by atoms with E-state index in [0.717, 1.165) is 10.0 Å². The van der Waals surface area contributed by atoms with Gasteiger partial charge in [0.25, 0.3) is 0 Å². The first-order chi connectivity index (χ1) is 7.71. The molecule has 0 fully saturated rings. The van der Waals surface area contributed by atoms with Crippen LogP contribution in [0.4, 0.5) is 0 Å². The van der Waals surface area contributed by atoms with E-state index in [9.17, 15) is 4.55 Å². The lowest BCUT2D eigenvalue weighted by atomic mass is 10.1. The number of rotatable bonds is 3. The molecule has 17 heavy (non-hydrogen) atoms. The van der Waals surface area contributed by atoms with Gasteiger partial charge in [0, 0.05) is 20.9 Å². The van der Waals surface area contributed by atoms with Crippen molar-refractivity contribution in [2.45, 2.75) is 38.5 Å². The first-order valence-electron chi connectivity index (χ1n) is 5.35. The maximum atomic E-state index is 12.0. The molecule has 1 aromatic carbocycles. The maximum Gasteiger partial charge on any atom is 0.136 e. The Labute approximate surface area is 120 Å². The predicted octanol–water partition coefficient (Wildman–Crippen LogP) is 4.22. The van der Waals surface area contributed by atoms with Crippen LogP contribution in [0.3, 0.4) is 0 Å². The Morgan fingerprint density at radius 1 is 1.41 bits per heavy atom. The quantitative estimate of drug-likeness (QED) is 0.838. The molecule has 1 aromatic rings. The van der Waals surface area contributed by atoms with Gasteiger partial charge in [-0.1, -0.05) is 33.6 Å². The molecule has 1 rings (SSSR count). The Morgan fingerprint density at radius 3 is 2.47 bits per heavy atom. The molecule has 5 heteroatoms. The Balaban J connectivity index is 2.80. The Bertz CT molecular complexity index is 395. The maximum absolute atomic E-state index is 12.0. The normalized spacial score (nSPS) is 15.7. The molecule has 0 aromatic heterocycles. The zero-order valence-electron chi connectivity index (χ0n) is 10.4. The van der Waals surface area contributed by atoms with Gasteiger partial charge in [-0.25, -0.2) is 0 Å². The van der Waals surface area contributed by atoms with Crippen LogP contribution in [0, 0.1) is 0 Å². The van der Waals surface area contributed by atoms with Gasteiger partial charge in [-0.3, -0.25) is 0 Å².